The van der Waals surface area contributed by atoms with Gasteiger partial charge in [-0.05, 0) is 18.2 Å². The van der Waals surface area contributed by atoms with Gasteiger partial charge in [-0.25, -0.2) is 4.79 Å². The number of amides is 2. The van der Waals surface area contributed by atoms with Crippen LogP contribution in [0.1, 0.15) is 0 Å². The summed E-state index contributed by atoms with van der Waals surface area (Å²) >= 11 is 5.89. The second kappa shape index (κ2) is 8.14. The molecular weight excluding hydrogens is 330 g/mol. The molecule has 0 saturated carbocycles. The minimum absolute atomic E-state index is 0.329. The number of rotatable bonds is 5. The molecule has 1 aromatic carbocycles. The van der Waals surface area contributed by atoms with Crippen LogP contribution in [0.2, 0.25) is 5.02 Å². The Morgan fingerprint density at radius 2 is 2.00 bits per heavy atom. The second-order valence-corrected chi connectivity index (χ2v) is 5.97. The van der Waals surface area contributed by atoms with E-state index in [1.807, 2.05) is 10.9 Å². The molecule has 0 atom stereocenters. The molecule has 0 unspecified atom stereocenters. The molecular formula is C16H20ClN5O2. The van der Waals surface area contributed by atoms with Gasteiger partial charge in [0.25, 0.3) is 0 Å². The number of anilines is 2. The van der Waals surface area contributed by atoms with E-state index < -0.39 is 0 Å². The number of carbonyl (C=O) groups is 1. The number of benzene rings is 1. The van der Waals surface area contributed by atoms with Crippen LogP contribution in [0.4, 0.5) is 16.2 Å². The molecule has 24 heavy (non-hydrogen) atoms. The second-order valence-electron chi connectivity index (χ2n) is 5.54. The van der Waals surface area contributed by atoms with Crippen molar-refractivity contribution in [3.63, 3.8) is 0 Å². The zero-order chi connectivity index (χ0) is 16.8. The van der Waals surface area contributed by atoms with Crippen molar-refractivity contribution in [2.45, 2.75) is 6.54 Å². The van der Waals surface area contributed by atoms with E-state index in [0.717, 1.165) is 39.4 Å². The first-order valence-corrected chi connectivity index (χ1v) is 8.23. The molecule has 3 rings (SSSR count). The van der Waals surface area contributed by atoms with Crippen molar-refractivity contribution < 1.29 is 9.53 Å². The van der Waals surface area contributed by atoms with Gasteiger partial charge in [0, 0.05) is 36.5 Å². The number of hydrogen-bond acceptors (Lipinski definition) is 4. The minimum Gasteiger partial charge on any atom is -0.379 e. The highest BCUT2D eigenvalue weighted by molar-refractivity contribution is 6.30. The van der Waals surface area contributed by atoms with Gasteiger partial charge in [0.05, 0.1) is 31.6 Å². The van der Waals surface area contributed by atoms with Crippen molar-refractivity contribution in [2.24, 2.45) is 0 Å². The highest BCUT2D eigenvalue weighted by atomic mass is 35.5. The topological polar surface area (TPSA) is 71.4 Å². The van der Waals surface area contributed by atoms with Gasteiger partial charge in [0.1, 0.15) is 0 Å². The molecule has 1 fully saturated rings. The van der Waals surface area contributed by atoms with Crippen LogP contribution in [0.25, 0.3) is 0 Å². The van der Waals surface area contributed by atoms with Gasteiger partial charge in [-0.3, -0.25) is 9.58 Å². The van der Waals surface area contributed by atoms with Crippen molar-refractivity contribution in [1.82, 2.24) is 14.7 Å². The number of halogens is 1. The summed E-state index contributed by atoms with van der Waals surface area (Å²) < 4.78 is 7.15. The molecule has 7 nitrogen and oxygen atoms in total. The minimum atomic E-state index is -0.329. The zero-order valence-corrected chi connectivity index (χ0v) is 14.0. The normalized spacial score (nSPS) is 15.2. The van der Waals surface area contributed by atoms with E-state index in [1.54, 1.807) is 30.5 Å². The summed E-state index contributed by atoms with van der Waals surface area (Å²) in [6, 6.07) is 6.67. The lowest BCUT2D eigenvalue weighted by molar-refractivity contribution is 0.0360. The Balaban J connectivity index is 1.47. The number of aromatic nitrogens is 2. The predicted molar refractivity (Wildman–Crippen MR) is 93.6 cm³/mol. The average Bonchev–Trinajstić information content (AvgIpc) is 3.01. The Kier molecular flexibility index (Phi) is 5.68. The third-order valence-electron chi connectivity index (χ3n) is 3.72. The van der Waals surface area contributed by atoms with Gasteiger partial charge in [0.15, 0.2) is 0 Å². The third-order valence-corrected chi connectivity index (χ3v) is 3.96. The van der Waals surface area contributed by atoms with Gasteiger partial charge in [-0.2, -0.15) is 5.10 Å². The Hall–Kier alpha value is -2.09. The van der Waals surface area contributed by atoms with Gasteiger partial charge < -0.3 is 15.4 Å². The Morgan fingerprint density at radius 3 is 2.79 bits per heavy atom. The Morgan fingerprint density at radius 1 is 1.21 bits per heavy atom. The molecule has 0 aliphatic carbocycles. The van der Waals surface area contributed by atoms with Crippen LogP contribution < -0.4 is 10.6 Å². The predicted octanol–water partition coefficient (Wildman–Crippen LogP) is 2.51. The van der Waals surface area contributed by atoms with Crippen molar-refractivity contribution >= 4 is 29.0 Å². The lowest BCUT2D eigenvalue weighted by Gasteiger charge is -2.26. The number of nitrogens with zero attached hydrogens (tertiary/aromatic N) is 3. The molecule has 1 aliphatic heterocycles. The van der Waals surface area contributed by atoms with Crippen molar-refractivity contribution in [3.8, 4) is 0 Å². The van der Waals surface area contributed by atoms with E-state index in [-0.39, 0.29) is 6.03 Å². The largest absolute Gasteiger partial charge is 0.379 e. The maximum atomic E-state index is 12.0. The summed E-state index contributed by atoms with van der Waals surface area (Å²) in [5.74, 6) is 0. The highest BCUT2D eigenvalue weighted by Crippen LogP contribution is 2.15. The lowest BCUT2D eigenvalue weighted by atomic mass is 10.3. The van der Waals surface area contributed by atoms with Crippen molar-refractivity contribution in [3.05, 3.63) is 41.7 Å². The first-order chi connectivity index (χ1) is 11.7. The van der Waals surface area contributed by atoms with Crippen LogP contribution in [0.5, 0.6) is 0 Å². The van der Waals surface area contributed by atoms with E-state index in [2.05, 4.69) is 20.6 Å². The molecule has 1 aromatic heterocycles. The smallest absolute Gasteiger partial charge is 0.323 e. The fraction of sp³-hybridized carbons (Fsp3) is 0.375. The van der Waals surface area contributed by atoms with Gasteiger partial charge >= 0.3 is 6.03 Å². The van der Waals surface area contributed by atoms with Gasteiger partial charge in [-0.15, -0.1) is 0 Å². The quantitative estimate of drug-likeness (QED) is 0.870. The van der Waals surface area contributed by atoms with Crippen LogP contribution >= 0.6 is 11.6 Å². The number of urea groups is 1. The summed E-state index contributed by atoms with van der Waals surface area (Å²) in [5, 5.41) is 10.3. The molecule has 0 radical (unpaired) electrons. The van der Waals surface area contributed by atoms with Crippen LogP contribution in [0.3, 0.4) is 0 Å². The number of ether oxygens (including phenoxy) is 1. The summed E-state index contributed by atoms with van der Waals surface area (Å²) in [6.07, 6.45) is 3.45. The Labute approximate surface area is 145 Å². The van der Waals surface area contributed by atoms with Crippen molar-refractivity contribution in [2.75, 3.05) is 43.5 Å². The molecule has 2 heterocycles. The Bertz CT molecular complexity index is 685. The average molecular weight is 350 g/mol. The monoisotopic (exact) mass is 349 g/mol. The molecule has 2 aromatic rings. The summed E-state index contributed by atoms with van der Waals surface area (Å²) in [5.41, 5.74) is 1.29. The maximum absolute atomic E-state index is 12.0. The molecule has 2 amide bonds. The molecule has 0 spiro atoms. The van der Waals surface area contributed by atoms with E-state index in [0.29, 0.717) is 16.4 Å². The van der Waals surface area contributed by atoms with Gasteiger partial charge in [-0.1, -0.05) is 17.7 Å². The number of hydrogen-bond donors (Lipinski definition) is 2. The summed E-state index contributed by atoms with van der Waals surface area (Å²) in [7, 11) is 0. The molecule has 128 valence electrons. The number of morpholine rings is 1. The number of carbonyl (C=O) groups excluding carboxylic acids is 1. The SMILES string of the molecule is O=C(Nc1cccc(Cl)c1)Nc1cnn(CCN2CCOCC2)c1. The maximum Gasteiger partial charge on any atom is 0.323 e. The molecule has 1 aliphatic rings. The molecule has 2 N–H and O–H groups in total. The highest BCUT2D eigenvalue weighted by Gasteiger charge is 2.10. The fourth-order valence-corrected chi connectivity index (χ4v) is 2.67. The van der Waals surface area contributed by atoms with Crippen LogP contribution in [0, 0.1) is 0 Å². The first-order valence-electron chi connectivity index (χ1n) is 7.85. The fourth-order valence-electron chi connectivity index (χ4n) is 2.48. The molecule has 1 saturated heterocycles. The lowest BCUT2D eigenvalue weighted by Crippen LogP contribution is -2.38. The van der Waals surface area contributed by atoms with E-state index in [4.69, 9.17) is 16.3 Å². The molecule has 0 bridgehead atoms. The summed E-state index contributed by atoms with van der Waals surface area (Å²) in [4.78, 5) is 14.3. The van der Waals surface area contributed by atoms with Crippen LogP contribution in [-0.2, 0) is 11.3 Å². The summed E-state index contributed by atoms with van der Waals surface area (Å²) in [6.45, 7) is 5.17. The van der Waals surface area contributed by atoms with E-state index in [9.17, 15) is 4.79 Å². The van der Waals surface area contributed by atoms with Crippen LogP contribution in [-0.4, -0.2) is 53.6 Å². The van der Waals surface area contributed by atoms with Gasteiger partial charge in [0.2, 0.25) is 0 Å². The number of nitrogens with one attached hydrogen (secondary N) is 2. The molecule has 8 heteroatoms. The van der Waals surface area contributed by atoms with Crippen molar-refractivity contribution in [1.29, 1.82) is 0 Å². The standard InChI is InChI=1S/C16H20ClN5O2/c17-13-2-1-3-14(10-13)19-16(23)20-15-11-18-22(12-15)5-4-21-6-8-24-9-7-21/h1-3,10-12H,4-9H2,(H2,19,20,23). The first kappa shape index (κ1) is 16.8. The van der Waals surface area contributed by atoms with Crippen LogP contribution in [0.15, 0.2) is 36.7 Å². The van der Waals surface area contributed by atoms with E-state index >= 15 is 0 Å². The third kappa shape index (κ3) is 4.95. The zero-order valence-electron chi connectivity index (χ0n) is 13.2. The van der Waals surface area contributed by atoms with E-state index in [1.165, 1.54) is 0 Å².